The van der Waals surface area contributed by atoms with E-state index in [4.69, 9.17) is 8.83 Å². The first-order valence-electron chi connectivity index (χ1n) is 9.86. The largest absolute Gasteiger partial charge is 0.436 e. The maximum absolute atomic E-state index is 13.4. The third-order valence-electron chi connectivity index (χ3n) is 5.95. The molecule has 1 aromatic carbocycles. The summed E-state index contributed by atoms with van der Waals surface area (Å²) in [5.41, 5.74) is 1.77. The molecule has 8 nitrogen and oxygen atoms in total. The van der Waals surface area contributed by atoms with Crippen molar-refractivity contribution in [1.29, 1.82) is 0 Å². The highest BCUT2D eigenvalue weighted by molar-refractivity contribution is 5.93. The Hall–Kier alpha value is -3.16. The van der Waals surface area contributed by atoms with Gasteiger partial charge in [0.2, 0.25) is 11.7 Å². The Balaban J connectivity index is 1.48. The van der Waals surface area contributed by atoms with E-state index in [0.717, 1.165) is 18.7 Å². The number of aryl methyl sites for hydroxylation is 3. The van der Waals surface area contributed by atoms with Gasteiger partial charge in [0.15, 0.2) is 5.89 Å². The molecule has 2 fully saturated rings. The lowest BCUT2D eigenvalue weighted by atomic mass is 9.89. The van der Waals surface area contributed by atoms with Crippen molar-refractivity contribution >= 4 is 11.9 Å². The highest BCUT2D eigenvalue weighted by atomic mass is 16.4. The normalized spacial score (nSPS) is 23.6. The van der Waals surface area contributed by atoms with E-state index in [2.05, 4.69) is 32.2 Å². The number of fused-ring (bicyclic) bond motifs is 1. The van der Waals surface area contributed by atoms with Gasteiger partial charge in [0.25, 0.3) is 5.91 Å². The number of carbonyl (C=O) groups excluding carboxylic acids is 1. The maximum atomic E-state index is 13.4. The van der Waals surface area contributed by atoms with Crippen LogP contribution >= 0.6 is 0 Å². The molecule has 2 aliphatic rings. The summed E-state index contributed by atoms with van der Waals surface area (Å²) in [4.78, 5) is 21.8. The predicted molar refractivity (Wildman–Crippen MR) is 104 cm³/mol. The van der Waals surface area contributed by atoms with Crippen molar-refractivity contribution in [1.82, 2.24) is 20.1 Å². The van der Waals surface area contributed by atoms with Crippen molar-refractivity contribution in [2.24, 2.45) is 11.8 Å². The molecular weight excluding hydrogens is 370 g/mol. The van der Waals surface area contributed by atoms with Gasteiger partial charge in [0.05, 0.1) is 11.7 Å². The van der Waals surface area contributed by atoms with Crippen LogP contribution < -0.4 is 4.90 Å². The smallest absolute Gasteiger partial charge is 0.318 e. The van der Waals surface area contributed by atoms with E-state index >= 15 is 0 Å². The highest BCUT2D eigenvalue weighted by Crippen LogP contribution is 2.46. The molecule has 0 radical (unpaired) electrons. The molecule has 2 aromatic heterocycles. The number of rotatable bonds is 3. The van der Waals surface area contributed by atoms with Crippen LogP contribution in [0.4, 0.5) is 6.01 Å². The molecule has 4 heterocycles. The van der Waals surface area contributed by atoms with Gasteiger partial charge in [-0.15, -0.1) is 5.10 Å². The standard InChI is InChI=1S/C21H23N5O3/c1-12-19(28-13(2)22-12)20(27)26-10-16-9-25(21-24-23-14(3)29-21)11-17(16)18(26)15-7-5-4-6-8-15/h4-8,16-18H,9-11H2,1-3H3/t16-,17-,18+/m0/s1. The first-order chi connectivity index (χ1) is 14.0. The predicted octanol–water partition coefficient (Wildman–Crippen LogP) is 2.93. The fourth-order valence-electron chi connectivity index (χ4n) is 4.76. The summed E-state index contributed by atoms with van der Waals surface area (Å²) in [5.74, 6) is 1.92. The summed E-state index contributed by atoms with van der Waals surface area (Å²) < 4.78 is 11.3. The van der Waals surface area contributed by atoms with Crippen molar-refractivity contribution in [3.63, 3.8) is 0 Å². The third kappa shape index (κ3) is 2.99. The number of oxazole rings is 1. The Bertz CT molecular complexity index is 1040. The minimum Gasteiger partial charge on any atom is -0.436 e. The average molecular weight is 393 g/mol. The van der Waals surface area contributed by atoms with Crippen molar-refractivity contribution < 1.29 is 13.6 Å². The minimum atomic E-state index is -0.0912. The van der Waals surface area contributed by atoms with Gasteiger partial charge in [0.1, 0.15) is 0 Å². The summed E-state index contributed by atoms with van der Waals surface area (Å²) in [6.07, 6.45) is 0. The van der Waals surface area contributed by atoms with Gasteiger partial charge in [-0.25, -0.2) is 4.98 Å². The van der Waals surface area contributed by atoms with Crippen molar-refractivity contribution in [3.8, 4) is 0 Å². The van der Waals surface area contributed by atoms with Crippen LogP contribution in [0.25, 0.3) is 0 Å². The monoisotopic (exact) mass is 393 g/mol. The number of likely N-dealkylation sites (tertiary alicyclic amines) is 1. The number of carbonyl (C=O) groups is 1. The Kier molecular flexibility index (Phi) is 4.15. The topological polar surface area (TPSA) is 88.5 Å². The number of aromatic nitrogens is 3. The van der Waals surface area contributed by atoms with Crippen LogP contribution in [0.3, 0.4) is 0 Å². The van der Waals surface area contributed by atoms with E-state index in [1.807, 2.05) is 30.0 Å². The van der Waals surface area contributed by atoms with Crippen LogP contribution in [0.2, 0.25) is 0 Å². The molecule has 3 aromatic rings. The van der Waals surface area contributed by atoms with Gasteiger partial charge in [-0.2, -0.15) is 0 Å². The van der Waals surface area contributed by atoms with E-state index < -0.39 is 0 Å². The summed E-state index contributed by atoms with van der Waals surface area (Å²) in [6, 6.07) is 10.7. The Morgan fingerprint density at radius 3 is 2.45 bits per heavy atom. The van der Waals surface area contributed by atoms with Gasteiger partial charge >= 0.3 is 6.01 Å². The van der Waals surface area contributed by atoms with E-state index in [-0.39, 0.29) is 17.9 Å². The van der Waals surface area contributed by atoms with Crippen LogP contribution in [0, 0.1) is 32.6 Å². The van der Waals surface area contributed by atoms with Crippen molar-refractivity contribution in [3.05, 3.63) is 59.1 Å². The van der Waals surface area contributed by atoms with Crippen LogP contribution in [-0.2, 0) is 0 Å². The lowest BCUT2D eigenvalue weighted by molar-refractivity contribution is 0.0680. The molecule has 3 atom stereocenters. The molecule has 5 rings (SSSR count). The summed E-state index contributed by atoms with van der Waals surface area (Å²) in [5, 5.41) is 8.13. The molecular formula is C21H23N5O3. The molecule has 150 valence electrons. The Morgan fingerprint density at radius 1 is 1.00 bits per heavy atom. The minimum absolute atomic E-state index is 0.0347. The van der Waals surface area contributed by atoms with Crippen molar-refractivity contribution in [2.45, 2.75) is 26.8 Å². The Morgan fingerprint density at radius 2 is 1.79 bits per heavy atom. The van der Waals surface area contributed by atoms with Crippen molar-refractivity contribution in [2.75, 3.05) is 24.5 Å². The molecule has 0 unspecified atom stereocenters. The van der Waals surface area contributed by atoms with E-state index in [9.17, 15) is 4.79 Å². The summed E-state index contributed by atoms with van der Waals surface area (Å²) in [7, 11) is 0. The van der Waals surface area contributed by atoms with E-state index in [1.54, 1.807) is 13.8 Å². The van der Waals surface area contributed by atoms with Gasteiger partial charge in [-0.05, 0) is 12.5 Å². The maximum Gasteiger partial charge on any atom is 0.318 e. The number of amides is 1. The molecule has 0 aliphatic carbocycles. The number of benzene rings is 1. The second-order valence-electron chi connectivity index (χ2n) is 7.89. The SMILES string of the molecule is Cc1nnc(N2C[C@H]3CN(C(=O)c4oc(C)nc4C)[C@H](c4ccccc4)[C@H]3C2)o1. The molecule has 0 bridgehead atoms. The van der Waals surface area contributed by atoms with Gasteiger partial charge < -0.3 is 18.6 Å². The second kappa shape index (κ2) is 6.72. The quantitative estimate of drug-likeness (QED) is 0.676. The third-order valence-corrected chi connectivity index (χ3v) is 5.95. The van der Waals surface area contributed by atoms with Gasteiger partial charge in [-0.1, -0.05) is 35.4 Å². The molecule has 29 heavy (non-hydrogen) atoms. The molecule has 8 heteroatoms. The fourth-order valence-corrected chi connectivity index (χ4v) is 4.76. The molecule has 2 saturated heterocycles. The zero-order valence-electron chi connectivity index (χ0n) is 16.7. The van der Waals surface area contributed by atoms with Gasteiger partial charge in [-0.3, -0.25) is 4.79 Å². The Labute approximate surface area is 168 Å². The molecule has 1 amide bonds. The number of hydrogen-bond donors (Lipinski definition) is 0. The lowest BCUT2D eigenvalue weighted by Crippen LogP contribution is -2.36. The fraction of sp³-hybridized carbons (Fsp3) is 0.429. The lowest BCUT2D eigenvalue weighted by Gasteiger charge is -2.29. The van der Waals surface area contributed by atoms with Gasteiger partial charge in [0, 0.05) is 45.3 Å². The molecule has 0 spiro atoms. The van der Waals surface area contributed by atoms with E-state index in [1.165, 1.54) is 0 Å². The van der Waals surface area contributed by atoms with Crippen LogP contribution in [-0.4, -0.2) is 45.6 Å². The summed E-state index contributed by atoms with van der Waals surface area (Å²) in [6.45, 7) is 7.59. The number of anilines is 1. The van der Waals surface area contributed by atoms with E-state index in [0.29, 0.717) is 41.7 Å². The number of hydrogen-bond acceptors (Lipinski definition) is 7. The average Bonchev–Trinajstić information content (AvgIpc) is 3.44. The molecule has 0 saturated carbocycles. The zero-order chi connectivity index (χ0) is 20.1. The molecule has 2 aliphatic heterocycles. The second-order valence-corrected chi connectivity index (χ2v) is 7.89. The highest BCUT2D eigenvalue weighted by Gasteiger charge is 2.50. The van der Waals surface area contributed by atoms with Crippen LogP contribution in [0.5, 0.6) is 0 Å². The first kappa shape index (κ1) is 17.9. The zero-order valence-corrected chi connectivity index (χ0v) is 16.7. The first-order valence-corrected chi connectivity index (χ1v) is 9.86. The van der Waals surface area contributed by atoms with Crippen LogP contribution in [0.1, 0.15) is 39.6 Å². The van der Waals surface area contributed by atoms with Crippen LogP contribution in [0.15, 0.2) is 39.2 Å². The molecule has 0 N–H and O–H groups in total. The number of nitrogens with zero attached hydrogens (tertiary/aromatic N) is 5. The summed E-state index contributed by atoms with van der Waals surface area (Å²) >= 11 is 0.